The molecule has 2 atom stereocenters. The fourth-order valence-corrected chi connectivity index (χ4v) is 9.87. The lowest BCUT2D eigenvalue weighted by Crippen LogP contribution is -2.45. The molecule has 0 rings (SSSR count). The maximum Gasteiger partial charge on any atom is 0.305 e. The maximum atomic E-state index is 12.4. The van der Waals surface area contributed by atoms with Crippen LogP contribution in [0, 0.1) is 0 Å². The van der Waals surface area contributed by atoms with Crippen molar-refractivity contribution in [3.05, 3.63) is 24.3 Å². The molecule has 0 saturated heterocycles. The van der Waals surface area contributed by atoms with Crippen LogP contribution in [0.2, 0.25) is 0 Å². The molecule has 0 spiro atoms. The molecule has 6 nitrogen and oxygen atoms in total. The van der Waals surface area contributed by atoms with Crippen molar-refractivity contribution in [1.82, 2.24) is 5.32 Å². The zero-order valence-corrected chi connectivity index (χ0v) is 47.3. The lowest BCUT2D eigenvalue weighted by atomic mass is 10.0. The molecule has 0 aliphatic heterocycles. The van der Waals surface area contributed by atoms with Gasteiger partial charge in [0.15, 0.2) is 0 Å². The number of rotatable bonds is 59. The van der Waals surface area contributed by atoms with E-state index < -0.39 is 12.1 Å². The van der Waals surface area contributed by atoms with Gasteiger partial charge in [0.1, 0.15) is 0 Å². The second-order valence-electron chi connectivity index (χ2n) is 21.7. The maximum absolute atomic E-state index is 12.4. The normalized spacial score (nSPS) is 12.7. The number of carbonyl (C=O) groups is 2. The van der Waals surface area contributed by atoms with Crippen LogP contribution in [-0.2, 0) is 14.3 Å². The van der Waals surface area contributed by atoms with Crippen molar-refractivity contribution in [2.75, 3.05) is 13.2 Å². The van der Waals surface area contributed by atoms with Crippen LogP contribution >= 0.6 is 0 Å². The Balaban J connectivity index is 3.35. The predicted molar refractivity (Wildman–Crippen MR) is 306 cm³/mol. The standard InChI is InChI=1S/C64H123NO5/c1-3-5-7-9-11-13-15-16-17-28-32-35-38-42-46-50-54-58-64(69)70-59-55-51-47-43-39-36-33-30-27-25-23-21-19-18-20-22-24-26-29-31-34-37-41-45-49-53-57-63(68)65-61(60-66)62(67)56-52-48-44-40-14-12-10-8-6-4-2/h16-18,20,61-62,66-67H,3-15,19,21-60H2,1-2H3,(H,65,68)/b17-16-,20-18-. The number of allylic oxidation sites excluding steroid dienone is 4. The van der Waals surface area contributed by atoms with Gasteiger partial charge in [0, 0.05) is 12.8 Å². The summed E-state index contributed by atoms with van der Waals surface area (Å²) in [5.74, 6) is -0.0263. The van der Waals surface area contributed by atoms with Crippen molar-refractivity contribution in [1.29, 1.82) is 0 Å². The number of esters is 1. The molecule has 0 saturated carbocycles. The van der Waals surface area contributed by atoms with Crippen LogP contribution in [0.1, 0.15) is 348 Å². The summed E-state index contributed by atoms with van der Waals surface area (Å²) in [6.07, 6.45) is 73.5. The zero-order chi connectivity index (χ0) is 50.7. The molecular weight excluding hydrogens is 863 g/mol. The van der Waals surface area contributed by atoms with E-state index in [0.29, 0.717) is 25.9 Å². The third-order valence-electron chi connectivity index (χ3n) is 14.7. The first kappa shape index (κ1) is 68.3. The van der Waals surface area contributed by atoms with Gasteiger partial charge >= 0.3 is 5.97 Å². The second-order valence-corrected chi connectivity index (χ2v) is 21.7. The Hall–Kier alpha value is -1.66. The molecular formula is C64H123NO5. The van der Waals surface area contributed by atoms with Gasteiger partial charge in [-0.3, -0.25) is 9.59 Å². The molecule has 0 aromatic heterocycles. The number of ether oxygens (including phenoxy) is 1. The van der Waals surface area contributed by atoms with E-state index in [4.69, 9.17) is 4.74 Å². The molecule has 0 bridgehead atoms. The summed E-state index contributed by atoms with van der Waals surface area (Å²) in [7, 11) is 0. The van der Waals surface area contributed by atoms with Crippen molar-refractivity contribution < 1.29 is 24.5 Å². The molecule has 1 amide bonds. The third-order valence-corrected chi connectivity index (χ3v) is 14.7. The van der Waals surface area contributed by atoms with Gasteiger partial charge in [0.25, 0.3) is 0 Å². The predicted octanol–water partition coefficient (Wildman–Crippen LogP) is 19.8. The van der Waals surface area contributed by atoms with E-state index in [1.165, 1.54) is 270 Å². The van der Waals surface area contributed by atoms with Gasteiger partial charge in [-0.05, 0) is 77.0 Å². The number of carbonyl (C=O) groups excluding carboxylic acids is 2. The second kappa shape index (κ2) is 59.9. The van der Waals surface area contributed by atoms with Gasteiger partial charge in [-0.1, -0.05) is 282 Å². The van der Waals surface area contributed by atoms with E-state index >= 15 is 0 Å². The smallest absolute Gasteiger partial charge is 0.305 e. The number of hydrogen-bond donors (Lipinski definition) is 3. The molecule has 2 unspecified atom stereocenters. The molecule has 0 fully saturated rings. The minimum atomic E-state index is -0.663. The first-order valence-electron chi connectivity index (χ1n) is 31.6. The van der Waals surface area contributed by atoms with Gasteiger partial charge < -0.3 is 20.3 Å². The van der Waals surface area contributed by atoms with Crippen LogP contribution in [0.3, 0.4) is 0 Å². The first-order chi connectivity index (χ1) is 34.5. The summed E-state index contributed by atoms with van der Waals surface area (Å²) in [6.45, 7) is 4.95. The van der Waals surface area contributed by atoms with Gasteiger partial charge in [-0.2, -0.15) is 0 Å². The average Bonchev–Trinajstić information content (AvgIpc) is 3.36. The highest BCUT2D eigenvalue weighted by Gasteiger charge is 2.20. The number of nitrogens with one attached hydrogen (secondary N) is 1. The Bertz CT molecular complexity index is 1090. The van der Waals surface area contributed by atoms with E-state index in [2.05, 4.69) is 43.5 Å². The summed E-state index contributed by atoms with van der Waals surface area (Å²) in [5, 5.41) is 23.2. The fourth-order valence-electron chi connectivity index (χ4n) is 9.87. The van der Waals surface area contributed by atoms with Crippen LogP contribution in [0.5, 0.6) is 0 Å². The zero-order valence-electron chi connectivity index (χ0n) is 47.3. The van der Waals surface area contributed by atoms with Crippen molar-refractivity contribution in [2.24, 2.45) is 0 Å². The minimum Gasteiger partial charge on any atom is -0.466 e. The number of unbranched alkanes of at least 4 members (excludes halogenated alkanes) is 44. The largest absolute Gasteiger partial charge is 0.466 e. The molecule has 6 heteroatoms. The first-order valence-corrected chi connectivity index (χ1v) is 31.6. The summed E-state index contributed by atoms with van der Waals surface area (Å²) in [6, 6.07) is -0.541. The van der Waals surface area contributed by atoms with E-state index in [1.54, 1.807) is 0 Å². The van der Waals surface area contributed by atoms with E-state index in [1.807, 2.05) is 0 Å². The molecule has 0 radical (unpaired) electrons. The summed E-state index contributed by atoms with van der Waals surface area (Å²) >= 11 is 0. The minimum absolute atomic E-state index is 0.0112. The lowest BCUT2D eigenvalue weighted by molar-refractivity contribution is -0.143. The van der Waals surface area contributed by atoms with Crippen molar-refractivity contribution in [3.63, 3.8) is 0 Å². The summed E-state index contributed by atoms with van der Waals surface area (Å²) < 4.78 is 5.49. The quantitative estimate of drug-likeness (QED) is 0.0321. The Morgan fingerprint density at radius 1 is 0.386 bits per heavy atom. The Morgan fingerprint density at radius 2 is 0.671 bits per heavy atom. The van der Waals surface area contributed by atoms with Crippen LogP contribution in [-0.4, -0.2) is 47.4 Å². The van der Waals surface area contributed by atoms with Gasteiger partial charge in [0.05, 0.1) is 25.4 Å². The van der Waals surface area contributed by atoms with E-state index in [9.17, 15) is 19.8 Å². The number of aliphatic hydroxyl groups is 2. The molecule has 0 aromatic rings. The van der Waals surface area contributed by atoms with Crippen LogP contribution in [0.4, 0.5) is 0 Å². The molecule has 414 valence electrons. The fraction of sp³-hybridized carbons (Fsp3) is 0.906. The molecule has 0 heterocycles. The van der Waals surface area contributed by atoms with Crippen LogP contribution in [0.15, 0.2) is 24.3 Å². The Morgan fingerprint density at radius 3 is 1.01 bits per heavy atom. The van der Waals surface area contributed by atoms with Crippen LogP contribution in [0.25, 0.3) is 0 Å². The van der Waals surface area contributed by atoms with Gasteiger partial charge in [-0.25, -0.2) is 0 Å². The SMILES string of the molecule is CCCCCCCC/C=C\CCCCCCCCCC(=O)OCCCCCCCCCCCCCC/C=C\CCCCCCCCCCCCC(=O)NC(CO)C(O)CCCCCCCCCCCC. The highest BCUT2D eigenvalue weighted by atomic mass is 16.5. The third kappa shape index (κ3) is 55.7. The van der Waals surface area contributed by atoms with Crippen LogP contribution < -0.4 is 5.32 Å². The topological polar surface area (TPSA) is 95.9 Å². The van der Waals surface area contributed by atoms with Gasteiger partial charge in [-0.15, -0.1) is 0 Å². The Labute approximate surface area is 437 Å². The summed E-state index contributed by atoms with van der Waals surface area (Å²) in [5.41, 5.74) is 0. The average molecular weight is 987 g/mol. The highest BCUT2D eigenvalue weighted by molar-refractivity contribution is 5.76. The molecule has 0 aliphatic carbocycles. The molecule has 0 aromatic carbocycles. The Kier molecular flexibility index (Phi) is 58.5. The highest BCUT2D eigenvalue weighted by Crippen LogP contribution is 2.17. The lowest BCUT2D eigenvalue weighted by Gasteiger charge is -2.22. The monoisotopic (exact) mass is 986 g/mol. The molecule has 3 N–H and O–H groups in total. The molecule has 0 aliphatic rings. The number of hydrogen-bond acceptors (Lipinski definition) is 5. The number of amides is 1. The van der Waals surface area contributed by atoms with E-state index in [0.717, 1.165) is 44.9 Å². The van der Waals surface area contributed by atoms with Crippen molar-refractivity contribution >= 4 is 11.9 Å². The van der Waals surface area contributed by atoms with Crippen molar-refractivity contribution in [3.8, 4) is 0 Å². The number of aliphatic hydroxyl groups excluding tert-OH is 2. The van der Waals surface area contributed by atoms with Crippen molar-refractivity contribution in [2.45, 2.75) is 360 Å². The van der Waals surface area contributed by atoms with E-state index in [-0.39, 0.29) is 18.5 Å². The summed E-state index contributed by atoms with van der Waals surface area (Å²) in [4.78, 5) is 24.5. The van der Waals surface area contributed by atoms with Gasteiger partial charge in [0.2, 0.25) is 5.91 Å². The molecule has 70 heavy (non-hydrogen) atoms.